The van der Waals surface area contributed by atoms with Crippen LogP contribution in [0.2, 0.25) is 0 Å². The minimum absolute atomic E-state index is 0.00388. The minimum atomic E-state index is -0.00388. The van der Waals surface area contributed by atoms with Crippen LogP contribution in [0.25, 0.3) is 0 Å². The van der Waals surface area contributed by atoms with Crippen molar-refractivity contribution in [3.63, 3.8) is 0 Å². The summed E-state index contributed by atoms with van der Waals surface area (Å²) in [6.07, 6.45) is 2.91. The predicted molar refractivity (Wildman–Crippen MR) is 99.2 cm³/mol. The van der Waals surface area contributed by atoms with Crippen LogP contribution in [0.15, 0.2) is 42.6 Å². The highest BCUT2D eigenvalue weighted by Gasteiger charge is 2.23. The van der Waals surface area contributed by atoms with Gasteiger partial charge in [0.05, 0.1) is 13.0 Å². The second-order valence-electron chi connectivity index (χ2n) is 6.36. The molecule has 0 aliphatic carbocycles. The summed E-state index contributed by atoms with van der Waals surface area (Å²) in [5, 5.41) is 0. The Balaban J connectivity index is 1.54. The number of carbonyl (C=O) groups is 2. The summed E-state index contributed by atoms with van der Waals surface area (Å²) >= 11 is 0. The van der Waals surface area contributed by atoms with Gasteiger partial charge < -0.3 is 19.5 Å². The van der Waals surface area contributed by atoms with Gasteiger partial charge in [-0.1, -0.05) is 12.1 Å². The molecule has 6 heteroatoms. The Morgan fingerprint density at radius 3 is 2.46 bits per heavy atom. The molecule has 1 saturated heterocycles. The second kappa shape index (κ2) is 8.56. The maximum Gasteiger partial charge on any atom is 0.270 e. The number of nitrogens with one attached hydrogen (secondary N) is 1. The van der Waals surface area contributed by atoms with E-state index in [-0.39, 0.29) is 11.8 Å². The van der Waals surface area contributed by atoms with E-state index < -0.39 is 0 Å². The van der Waals surface area contributed by atoms with Crippen LogP contribution in [0.5, 0.6) is 5.75 Å². The molecular weight excluding hydrogens is 330 g/mol. The first-order chi connectivity index (χ1) is 12.7. The molecule has 0 radical (unpaired) electrons. The summed E-state index contributed by atoms with van der Waals surface area (Å²) in [6.45, 7) is 5.06. The van der Waals surface area contributed by atoms with Crippen LogP contribution in [-0.4, -0.2) is 59.4 Å². The molecule has 26 heavy (non-hydrogen) atoms. The fourth-order valence-corrected chi connectivity index (χ4v) is 3.16. The maximum absolute atomic E-state index is 12.6. The third-order valence-electron chi connectivity index (χ3n) is 4.55. The number of hydrogen-bond donors (Lipinski definition) is 1. The first-order valence-corrected chi connectivity index (χ1v) is 9.09. The lowest BCUT2D eigenvalue weighted by Gasteiger charge is -2.22. The van der Waals surface area contributed by atoms with Crippen LogP contribution >= 0.6 is 0 Å². The Bertz CT molecular complexity index is 725. The minimum Gasteiger partial charge on any atom is -0.494 e. The highest BCUT2D eigenvalue weighted by Crippen LogP contribution is 2.14. The summed E-state index contributed by atoms with van der Waals surface area (Å²) in [7, 11) is 0. The molecule has 1 aromatic carbocycles. The van der Waals surface area contributed by atoms with Crippen molar-refractivity contribution in [2.75, 3.05) is 32.8 Å². The number of H-pyrrole nitrogens is 1. The molecule has 1 N–H and O–H groups in total. The molecule has 0 bridgehead atoms. The van der Waals surface area contributed by atoms with E-state index in [0.717, 1.165) is 17.7 Å². The van der Waals surface area contributed by atoms with Gasteiger partial charge in [-0.15, -0.1) is 0 Å². The number of aromatic nitrogens is 1. The number of amides is 2. The van der Waals surface area contributed by atoms with Crippen LogP contribution in [0.1, 0.15) is 29.4 Å². The van der Waals surface area contributed by atoms with Crippen LogP contribution in [-0.2, 0) is 11.2 Å². The zero-order chi connectivity index (χ0) is 18.4. The lowest BCUT2D eigenvalue weighted by molar-refractivity contribution is -0.130. The molecule has 2 aromatic rings. The van der Waals surface area contributed by atoms with Gasteiger partial charge in [-0.25, -0.2) is 0 Å². The Labute approximate surface area is 153 Å². The van der Waals surface area contributed by atoms with E-state index in [9.17, 15) is 9.59 Å². The number of nitrogens with zero attached hydrogens (tertiary/aromatic N) is 2. The third-order valence-corrected chi connectivity index (χ3v) is 4.55. The first kappa shape index (κ1) is 18.0. The molecule has 3 rings (SSSR count). The van der Waals surface area contributed by atoms with Crippen molar-refractivity contribution in [2.24, 2.45) is 0 Å². The van der Waals surface area contributed by atoms with Crippen molar-refractivity contribution in [3.8, 4) is 5.75 Å². The van der Waals surface area contributed by atoms with Crippen molar-refractivity contribution < 1.29 is 14.3 Å². The van der Waals surface area contributed by atoms with Crippen LogP contribution in [0, 0.1) is 0 Å². The van der Waals surface area contributed by atoms with E-state index in [0.29, 0.717) is 44.9 Å². The molecule has 1 aromatic heterocycles. The Kier molecular flexibility index (Phi) is 5.94. The molecule has 2 amide bonds. The summed E-state index contributed by atoms with van der Waals surface area (Å²) in [4.78, 5) is 31.7. The largest absolute Gasteiger partial charge is 0.494 e. The number of rotatable bonds is 5. The van der Waals surface area contributed by atoms with E-state index >= 15 is 0 Å². The van der Waals surface area contributed by atoms with E-state index in [4.69, 9.17) is 4.74 Å². The van der Waals surface area contributed by atoms with Crippen LogP contribution < -0.4 is 4.74 Å². The molecule has 138 valence electrons. The van der Waals surface area contributed by atoms with Gasteiger partial charge in [-0.3, -0.25) is 9.59 Å². The molecule has 6 nitrogen and oxygen atoms in total. The van der Waals surface area contributed by atoms with Crippen molar-refractivity contribution in [1.82, 2.24) is 14.8 Å². The van der Waals surface area contributed by atoms with E-state index in [1.54, 1.807) is 12.3 Å². The number of aromatic amines is 1. The lowest BCUT2D eigenvalue weighted by atomic mass is 10.1. The van der Waals surface area contributed by atoms with Gasteiger partial charge in [0.15, 0.2) is 0 Å². The van der Waals surface area contributed by atoms with Crippen molar-refractivity contribution in [1.29, 1.82) is 0 Å². The molecule has 0 unspecified atom stereocenters. The molecule has 1 aliphatic heterocycles. The normalized spacial score (nSPS) is 14.8. The van der Waals surface area contributed by atoms with Crippen molar-refractivity contribution >= 4 is 11.8 Å². The first-order valence-electron chi connectivity index (χ1n) is 9.09. The fraction of sp³-hybridized carbons (Fsp3) is 0.400. The average Bonchev–Trinajstić information content (AvgIpc) is 3.07. The topological polar surface area (TPSA) is 65.6 Å². The zero-order valence-electron chi connectivity index (χ0n) is 15.1. The average molecular weight is 355 g/mol. The number of ether oxygens (including phenoxy) is 1. The lowest BCUT2D eigenvalue weighted by Crippen LogP contribution is -2.38. The number of benzene rings is 1. The fourth-order valence-electron chi connectivity index (χ4n) is 3.16. The monoisotopic (exact) mass is 355 g/mol. The Morgan fingerprint density at radius 2 is 1.77 bits per heavy atom. The van der Waals surface area contributed by atoms with E-state index in [1.165, 1.54) is 0 Å². The van der Waals surface area contributed by atoms with Gasteiger partial charge in [-0.2, -0.15) is 0 Å². The van der Waals surface area contributed by atoms with Crippen molar-refractivity contribution in [3.05, 3.63) is 53.9 Å². The molecule has 2 heterocycles. The van der Waals surface area contributed by atoms with Crippen LogP contribution in [0.4, 0.5) is 0 Å². The maximum atomic E-state index is 12.6. The van der Waals surface area contributed by atoms with Gasteiger partial charge in [0.25, 0.3) is 5.91 Å². The highest BCUT2D eigenvalue weighted by molar-refractivity contribution is 5.92. The molecule has 0 atom stereocenters. The number of hydrogen-bond acceptors (Lipinski definition) is 3. The molecule has 1 fully saturated rings. The Hall–Kier alpha value is -2.76. The summed E-state index contributed by atoms with van der Waals surface area (Å²) in [6, 6.07) is 11.2. The van der Waals surface area contributed by atoms with Crippen molar-refractivity contribution in [2.45, 2.75) is 19.8 Å². The summed E-state index contributed by atoms with van der Waals surface area (Å²) in [5.41, 5.74) is 1.57. The van der Waals surface area contributed by atoms with E-state index in [2.05, 4.69) is 4.98 Å². The van der Waals surface area contributed by atoms with Gasteiger partial charge in [0.1, 0.15) is 11.4 Å². The quantitative estimate of drug-likeness (QED) is 0.895. The zero-order valence-corrected chi connectivity index (χ0v) is 15.1. The van der Waals surface area contributed by atoms with Gasteiger partial charge in [-0.05, 0) is 43.2 Å². The highest BCUT2D eigenvalue weighted by atomic mass is 16.5. The van der Waals surface area contributed by atoms with Gasteiger partial charge in [0, 0.05) is 32.4 Å². The SMILES string of the molecule is CCOc1ccc(CC(=O)N2CCCN(C(=O)c3ccc[nH]3)CC2)cc1. The molecule has 0 saturated carbocycles. The number of carbonyl (C=O) groups excluding carboxylic acids is 2. The Morgan fingerprint density at radius 1 is 1.04 bits per heavy atom. The third kappa shape index (κ3) is 4.45. The molecule has 1 aliphatic rings. The smallest absolute Gasteiger partial charge is 0.270 e. The summed E-state index contributed by atoms with van der Waals surface area (Å²) in [5.74, 6) is 0.913. The standard InChI is InChI=1S/C20H25N3O3/c1-2-26-17-8-6-16(7-9-17)15-19(24)22-11-4-12-23(14-13-22)20(25)18-5-3-10-21-18/h3,5-10,21H,2,4,11-15H2,1H3. The predicted octanol–water partition coefficient (Wildman–Crippen LogP) is 2.33. The summed E-state index contributed by atoms with van der Waals surface area (Å²) < 4.78 is 5.43. The molecule has 0 spiro atoms. The van der Waals surface area contributed by atoms with Crippen LogP contribution in [0.3, 0.4) is 0 Å². The van der Waals surface area contributed by atoms with E-state index in [1.807, 2.05) is 47.1 Å². The van der Waals surface area contributed by atoms with Gasteiger partial charge in [0.2, 0.25) is 5.91 Å². The molecular formula is C20H25N3O3. The van der Waals surface area contributed by atoms with Gasteiger partial charge >= 0.3 is 0 Å². The second-order valence-corrected chi connectivity index (χ2v) is 6.36.